The normalized spacial score (nSPS) is 19.4. The molecule has 26 heavy (non-hydrogen) atoms. The van der Waals surface area contributed by atoms with Gasteiger partial charge in [0.1, 0.15) is 6.04 Å². The number of fused-ring (bicyclic) bond motifs is 3. The number of likely N-dealkylation sites (N-methyl/N-ethyl adjacent to an activating group) is 1. The fraction of sp³-hybridized carbons (Fsp3) is 0.600. The van der Waals surface area contributed by atoms with E-state index in [0.717, 1.165) is 43.6 Å². The third-order valence-corrected chi connectivity index (χ3v) is 5.08. The highest BCUT2D eigenvalue weighted by molar-refractivity contribution is 6.07. The highest BCUT2D eigenvalue weighted by Gasteiger charge is 2.37. The molecule has 2 aliphatic rings. The zero-order valence-electron chi connectivity index (χ0n) is 16.0. The Kier molecular flexibility index (Phi) is 5.81. The molecule has 0 aliphatic carbocycles. The fourth-order valence-corrected chi connectivity index (χ4v) is 3.69. The predicted octanol–water partition coefficient (Wildman–Crippen LogP) is 2.57. The summed E-state index contributed by atoms with van der Waals surface area (Å²) in [6.07, 6.45) is 4.09. The van der Waals surface area contributed by atoms with Crippen LogP contribution in [0.1, 0.15) is 49.9 Å². The second-order valence-electron chi connectivity index (χ2n) is 7.33. The van der Waals surface area contributed by atoms with Crippen LogP contribution in [0.4, 0.5) is 11.4 Å². The van der Waals surface area contributed by atoms with E-state index in [9.17, 15) is 9.59 Å². The summed E-state index contributed by atoms with van der Waals surface area (Å²) >= 11 is 0. The summed E-state index contributed by atoms with van der Waals surface area (Å²) in [7, 11) is 1.80. The number of nitrogens with zero attached hydrogens (tertiary/aromatic N) is 2. The van der Waals surface area contributed by atoms with Crippen molar-refractivity contribution >= 4 is 23.2 Å². The first-order valence-corrected chi connectivity index (χ1v) is 9.57. The van der Waals surface area contributed by atoms with Crippen molar-refractivity contribution in [2.45, 2.75) is 51.7 Å². The quantitative estimate of drug-likeness (QED) is 0.793. The summed E-state index contributed by atoms with van der Waals surface area (Å²) in [5.41, 5.74) is 2.46. The van der Waals surface area contributed by atoms with Gasteiger partial charge in [-0.3, -0.25) is 9.59 Å². The largest absolute Gasteiger partial charge is 0.379 e. The van der Waals surface area contributed by atoms with E-state index < -0.39 is 0 Å². The van der Waals surface area contributed by atoms with Crippen molar-refractivity contribution in [1.82, 2.24) is 5.32 Å². The maximum atomic E-state index is 12.7. The van der Waals surface area contributed by atoms with Gasteiger partial charge in [-0.1, -0.05) is 0 Å². The van der Waals surface area contributed by atoms with E-state index in [0.29, 0.717) is 18.7 Å². The SMILES string of the molecule is CC(C)OCCCNC(=O)c1ccc2c(c1)N(C)C(=O)[C@@H]1CCCCN21. The van der Waals surface area contributed by atoms with Crippen LogP contribution in [-0.4, -0.2) is 50.7 Å². The molecule has 2 aliphatic heterocycles. The second-order valence-corrected chi connectivity index (χ2v) is 7.33. The lowest BCUT2D eigenvalue weighted by molar-refractivity contribution is -0.120. The van der Waals surface area contributed by atoms with Crippen LogP contribution in [-0.2, 0) is 9.53 Å². The lowest BCUT2D eigenvalue weighted by Gasteiger charge is -2.44. The summed E-state index contributed by atoms with van der Waals surface area (Å²) in [5, 5.41) is 2.93. The average molecular weight is 359 g/mol. The highest BCUT2D eigenvalue weighted by Crippen LogP contribution is 2.39. The number of piperidine rings is 1. The number of rotatable bonds is 6. The van der Waals surface area contributed by atoms with Gasteiger partial charge in [-0.25, -0.2) is 0 Å². The number of hydrogen-bond acceptors (Lipinski definition) is 4. The molecule has 1 fully saturated rings. The summed E-state index contributed by atoms with van der Waals surface area (Å²) in [6, 6.07) is 5.61. The molecule has 1 saturated heterocycles. The summed E-state index contributed by atoms with van der Waals surface area (Å²) in [5.74, 6) is 0.0135. The van der Waals surface area contributed by atoms with Gasteiger partial charge in [0.25, 0.3) is 5.91 Å². The van der Waals surface area contributed by atoms with Crippen LogP contribution in [0.2, 0.25) is 0 Å². The van der Waals surface area contributed by atoms with Crippen molar-refractivity contribution in [2.24, 2.45) is 0 Å². The molecule has 0 spiro atoms. The summed E-state index contributed by atoms with van der Waals surface area (Å²) in [4.78, 5) is 29.0. The van der Waals surface area contributed by atoms with Gasteiger partial charge in [0, 0.05) is 32.3 Å². The molecule has 6 heteroatoms. The van der Waals surface area contributed by atoms with Crippen molar-refractivity contribution in [2.75, 3.05) is 36.5 Å². The van der Waals surface area contributed by atoms with Crippen molar-refractivity contribution in [1.29, 1.82) is 0 Å². The van der Waals surface area contributed by atoms with Gasteiger partial charge in [0.15, 0.2) is 0 Å². The highest BCUT2D eigenvalue weighted by atomic mass is 16.5. The zero-order valence-corrected chi connectivity index (χ0v) is 16.0. The maximum absolute atomic E-state index is 12.7. The number of carbonyl (C=O) groups excluding carboxylic acids is 2. The zero-order chi connectivity index (χ0) is 18.7. The Hall–Kier alpha value is -2.08. The minimum absolute atomic E-state index is 0.0538. The fourth-order valence-electron chi connectivity index (χ4n) is 3.69. The van der Waals surface area contributed by atoms with Gasteiger partial charge >= 0.3 is 0 Å². The van der Waals surface area contributed by atoms with Crippen LogP contribution in [0.5, 0.6) is 0 Å². The van der Waals surface area contributed by atoms with E-state index in [4.69, 9.17) is 4.74 Å². The number of anilines is 2. The Bertz CT molecular complexity index is 674. The lowest BCUT2D eigenvalue weighted by Crippen LogP contribution is -2.54. The molecule has 1 N–H and O–H groups in total. The first-order chi connectivity index (χ1) is 12.5. The van der Waals surface area contributed by atoms with E-state index in [1.54, 1.807) is 11.9 Å². The molecular weight excluding hydrogens is 330 g/mol. The van der Waals surface area contributed by atoms with Crippen LogP contribution in [0.15, 0.2) is 18.2 Å². The molecular formula is C20H29N3O3. The van der Waals surface area contributed by atoms with Crippen molar-refractivity contribution in [3.8, 4) is 0 Å². The number of nitrogens with one attached hydrogen (secondary N) is 1. The van der Waals surface area contributed by atoms with E-state index >= 15 is 0 Å². The van der Waals surface area contributed by atoms with Crippen LogP contribution in [0, 0.1) is 0 Å². The number of carbonyl (C=O) groups is 2. The Morgan fingerprint density at radius 2 is 2.12 bits per heavy atom. The first kappa shape index (κ1) is 18.7. The third-order valence-electron chi connectivity index (χ3n) is 5.08. The number of ether oxygens (including phenoxy) is 1. The van der Waals surface area contributed by atoms with E-state index in [-0.39, 0.29) is 24.0 Å². The standard InChI is InChI=1S/C20H29N3O3/c1-14(2)26-12-6-10-21-19(24)15-8-9-16-18(13-15)22(3)20(25)17-7-4-5-11-23(16)17/h8-9,13-14,17H,4-7,10-12H2,1-3H3,(H,21,24)/t17-/m0/s1. The summed E-state index contributed by atoms with van der Waals surface area (Å²) < 4.78 is 5.48. The van der Waals surface area contributed by atoms with Crippen molar-refractivity contribution < 1.29 is 14.3 Å². The molecule has 0 aromatic heterocycles. The lowest BCUT2D eigenvalue weighted by atomic mass is 9.96. The minimum atomic E-state index is -0.112. The first-order valence-electron chi connectivity index (χ1n) is 9.57. The van der Waals surface area contributed by atoms with Gasteiger partial charge in [0.2, 0.25) is 5.91 Å². The maximum Gasteiger partial charge on any atom is 0.251 e. The van der Waals surface area contributed by atoms with E-state index in [1.807, 2.05) is 32.0 Å². The number of amides is 2. The minimum Gasteiger partial charge on any atom is -0.379 e. The van der Waals surface area contributed by atoms with E-state index in [1.165, 1.54) is 0 Å². The molecule has 142 valence electrons. The molecule has 2 amide bonds. The third kappa shape index (κ3) is 3.85. The van der Waals surface area contributed by atoms with Gasteiger partial charge in [0.05, 0.1) is 17.5 Å². The molecule has 6 nitrogen and oxygen atoms in total. The molecule has 2 heterocycles. The predicted molar refractivity (Wildman–Crippen MR) is 103 cm³/mol. The number of benzene rings is 1. The Morgan fingerprint density at radius 3 is 2.88 bits per heavy atom. The Morgan fingerprint density at radius 1 is 1.31 bits per heavy atom. The van der Waals surface area contributed by atoms with Gasteiger partial charge in [-0.2, -0.15) is 0 Å². The van der Waals surface area contributed by atoms with Gasteiger partial charge < -0.3 is 19.9 Å². The van der Waals surface area contributed by atoms with Gasteiger partial charge in [-0.05, 0) is 57.7 Å². The molecule has 1 aromatic carbocycles. The molecule has 0 bridgehead atoms. The summed E-state index contributed by atoms with van der Waals surface area (Å²) in [6.45, 7) is 6.10. The van der Waals surface area contributed by atoms with Crippen molar-refractivity contribution in [3.63, 3.8) is 0 Å². The molecule has 0 unspecified atom stereocenters. The van der Waals surface area contributed by atoms with Gasteiger partial charge in [-0.15, -0.1) is 0 Å². The Balaban J connectivity index is 1.68. The van der Waals surface area contributed by atoms with E-state index in [2.05, 4.69) is 10.2 Å². The molecule has 0 radical (unpaired) electrons. The monoisotopic (exact) mass is 359 g/mol. The molecule has 3 rings (SSSR count). The van der Waals surface area contributed by atoms with Crippen LogP contribution < -0.4 is 15.1 Å². The smallest absolute Gasteiger partial charge is 0.251 e. The molecule has 1 atom stereocenters. The Labute approximate surface area is 155 Å². The van der Waals surface area contributed by atoms with Crippen LogP contribution in [0.25, 0.3) is 0 Å². The topological polar surface area (TPSA) is 61.9 Å². The van der Waals surface area contributed by atoms with Crippen LogP contribution in [0.3, 0.4) is 0 Å². The van der Waals surface area contributed by atoms with Crippen molar-refractivity contribution in [3.05, 3.63) is 23.8 Å². The second kappa shape index (κ2) is 8.08. The van der Waals surface area contributed by atoms with Crippen LogP contribution >= 0.6 is 0 Å². The average Bonchev–Trinajstić information content (AvgIpc) is 2.65. The number of hydrogen-bond donors (Lipinski definition) is 1. The molecule has 0 saturated carbocycles. The molecule has 1 aromatic rings.